The van der Waals surface area contributed by atoms with Crippen LogP contribution in [0, 0.1) is 5.82 Å². The van der Waals surface area contributed by atoms with Gasteiger partial charge in [0.15, 0.2) is 0 Å². The molecule has 116 valence electrons. The number of halogens is 2. The van der Waals surface area contributed by atoms with Gasteiger partial charge in [0.2, 0.25) is 5.91 Å². The highest BCUT2D eigenvalue weighted by Gasteiger charge is 2.36. The van der Waals surface area contributed by atoms with E-state index in [0.29, 0.717) is 11.3 Å². The van der Waals surface area contributed by atoms with Gasteiger partial charge in [0.05, 0.1) is 13.2 Å². The first-order valence-electron chi connectivity index (χ1n) is 6.79. The Labute approximate surface area is 128 Å². The zero-order valence-electron chi connectivity index (χ0n) is 12.1. The van der Waals surface area contributed by atoms with Crippen LogP contribution in [0.2, 0.25) is 0 Å². The molecule has 1 aromatic rings. The summed E-state index contributed by atoms with van der Waals surface area (Å²) in [5.74, 6) is -0.100. The van der Waals surface area contributed by atoms with E-state index in [1.54, 1.807) is 24.1 Å². The first-order valence-corrected chi connectivity index (χ1v) is 7.33. The molecule has 1 aromatic carbocycles. The zero-order valence-corrected chi connectivity index (χ0v) is 12.9. The fraction of sp³-hybridized carbons (Fsp3) is 0.533. The smallest absolute Gasteiger partial charge is 0.238 e. The van der Waals surface area contributed by atoms with Crippen molar-refractivity contribution in [3.8, 4) is 5.75 Å². The molecule has 0 heterocycles. The average molecular weight is 316 g/mol. The number of carbonyl (C=O) groups is 1. The summed E-state index contributed by atoms with van der Waals surface area (Å²) >= 11 is 5.67. The molecule has 0 aliphatic heterocycles. The van der Waals surface area contributed by atoms with Gasteiger partial charge < -0.3 is 14.4 Å². The number of alkyl halides is 1. The molecule has 1 saturated carbocycles. The van der Waals surface area contributed by atoms with Crippen LogP contribution in [-0.2, 0) is 16.1 Å². The fourth-order valence-electron chi connectivity index (χ4n) is 2.47. The van der Waals surface area contributed by atoms with Crippen LogP contribution in [0.15, 0.2) is 18.2 Å². The SMILES string of the molecule is COc1ccc(F)c(CN(C(=O)CCl)C2CC(OC)C2)c1. The van der Waals surface area contributed by atoms with Gasteiger partial charge in [-0.05, 0) is 31.0 Å². The van der Waals surface area contributed by atoms with Crippen molar-refractivity contribution in [1.82, 2.24) is 4.90 Å². The molecule has 6 heteroatoms. The third-order valence-corrected chi connectivity index (χ3v) is 4.10. The molecule has 1 aliphatic carbocycles. The second kappa shape index (κ2) is 7.09. The second-order valence-electron chi connectivity index (χ2n) is 5.10. The third-order valence-electron chi connectivity index (χ3n) is 3.87. The minimum Gasteiger partial charge on any atom is -0.497 e. The number of ether oxygens (including phenoxy) is 2. The summed E-state index contributed by atoms with van der Waals surface area (Å²) in [6.45, 7) is 0.190. The quantitative estimate of drug-likeness (QED) is 0.757. The third kappa shape index (κ3) is 3.66. The first-order chi connectivity index (χ1) is 10.1. The van der Waals surface area contributed by atoms with E-state index < -0.39 is 0 Å². The lowest BCUT2D eigenvalue weighted by Gasteiger charge is -2.42. The van der Waals surface area contributed by atoms with Crippen molar-refractivity contribution in [3.63, 3.8) is 0 Å². The Morgan fingerprint density at radius 1 is 1.43 bits per heavy atom. The van der Waals surface area contributed by atoms with Crippen LogP contribution in [0.5, 0.6) is 5.75 Å². The molecule has 2 rings (SSSR count). The average Bonchev–Trinajstić information content (AvgIpc) is 2.46. The Morgan fingerprint density at radius 2 is 2.14 bits per heavy atom. The Morgan fingerprint density at radius 3 is 2.71 bits per heavy atom. The molecule has 0 unspecified atom stereocenters. The van der Waals surface area contributed by atoms with Crippen molar-refractivity contribution in [3.05, 3.63) is 29.6 Å². The zero-order chi connectivity index (χ0) is 15.4. The molecule has 0 aromatic heterocycles. The van der Waals surface area contributed by atoms with Crippen LogP contribution in [0.3, 0.4) is 0 Å². The van der Waals surface area contributed by atoms with E-state index >= 15 is 0 Å². The minimum absolute atomic E-state index is 0.0480. The molecular weight excluding hydrogens is 297 g/mol. The molecule has 1 amide bonds. The number of benzene rings is 1. The number of hydrogen-bond donors (Lipinski definition) is 0. The lowest BCUT2D eigenvalue weighted by atomic mass is 9.87. The van der Waals surface area contributed by atoms with Crippen molar-refractivity contribution in [2.45, 2.75) is 31.5 Å². The van der Waals surface area contributed by atoms with Gasteiger partial charge in [0.25, 0.3) is 0 Å². The van der Waals surface area contributed by atoms with Gasteiger partial charge in [-0.2, -0.15) is 0 Å². The maximum absolute atomic E-state index is 13.9. The van der Waals surface area contributed by atoms with Gasteiger partial charge >= 0.3 is 0 Å². The molecule has 0 bridgehead atoms. The highest BCUT2D eigenvalue weighted by Crippen LogP contribution is 2.30. The maximum atomic E-state index is 13.9. The first kappa shape index (κ1) is 16.0. The summed E-state index contributed by atoms with van der Waals surface area (Å²) in [7, 11) is 3.17. The number of carbonyl (C=O) groups excluding carboxylic acids is 1. The van der Waals surface area contributed by atoms with Crippen molar-refractivity contribution < 1.29 is 18.7 Å². The minimum atomic E-state index is -0.356. The molecule has 21 heavy (non-hydrogen) atoms. The summed E-state index contributed by atoms with van der Waals surface area (Å²) in [5, 5.41) is 0. The number of rotatable bonds is 6. The Kier molecular flexibility index (Phi) is 5.42. The van der Waals surface area contributed by atoms with Gasteiger partial charge in [-0.15, -0.1) is 11.6 Å². The van der Waals surface area contributed by atoms with Crippen LogP contribution in [0.25, 0.3) is 0 Å². The molecule has 0 atom stereocenters. The molecule has 4 nitrogen and oxygen atoms in total. The predicted octanol–water partition coefficient (Wildman–Crippen LogP) is 2.58. The van der Waals surface area contributed by atoms with Crippen molar-refractivity contribution >= 4 is 17.5 Å². The summed E-state index contributed by atoms with van der Waals surface area (Å²) in [6.07, 6.45) is 1.67. The highest BCUT2D eigenvalue weighted by atomic mass is 35.5. The highest BCUT2D eigenvalue weighted by molar-refractivity contribution is 6.27. The molecule has 0 spiro atoms. The Hall–Kier alpha value is -1.33. The molecule has 1 aliphatic rings. The van der Waals surface area contributed by atoms with Gasteiger partial charge in [-0.1, -0.05) is 0 Å². The van der Waals surface area contributed by atoms with E-state index in [2.05, 4.69) is 0 Å². The van der Waals surface area contributed by atoms with Crippen LogP contribution in [0.4, 0.5) is 4.39 Å². The van der Waals surface area contributed by atoms with Crippen molar-refractivity contribution in [2.24, 2.45) is 0 Å². The normalized spacial score (nSPS) is 20.8. The Balaban J connectivity index is 2.13. The van der Waals surface area contributed by atoms with E-state index in [4.69, 9.17) is 21.1 Å². The van der Waals surface area contributed by atoms with E-state index in [0.717, 1.165) is 12.8 Å². The van der Waals surface area contributed by atoms with Crippen molar-refractivity contribution in [1.29, 1.82) is 0 Å². The number of methoxy groups -OCH3 is 2. The van der Waals surface area contributed by atoms with Crippen molar-refractivity contribution in [2.75, 3.05) is 20.1 Å². The number of nitrogens with zero attached hydrogens (tertiary/aromatic N) is 1. The van der Waals surface area contributed by atoms with E-state index in [-0.39, 0.29) is 36.3 Å². The number of hydrogen-bond acceptors (Lipinski definition) is 3. The lowest BCUT2D eigenvalue weighted by molar-refractivity contribution is -0.137. The second-order valence-corrected chi connectivity index (χ2v) is 5.36. The van der Waals surface area contributed by atoms with Crippen LogP contribution < -0.4 is 4.74 Å². The fourth-order valence-corrected chi connectivity index (χ4v) is 2.62. The van der Waals surface area contributed by atoms with E-state index in [1.807, 2.05) is 0 Å². The Bertz CT molecular complexity index is 506. The molecule has 0 N–H and O–H groups in total. The topological polar surface area (TPSA) is 38.8 Å². The molecular formula is C15H19ClFNO3. The largest absolute Gasteiger partial charge is 0.497 e. The lowest BCUT2D eigenvalue weighted by Crippen LogP contribution is -2.50. The maximum Gasteiger partial charge on any atom is 0.238 e. The van der Waals surface area contributed by atoms with Gasteiger partial charge in [-0.3, -0.25) is 4.79 Å². The predicted molar refractivity (Wildman–Crippen MR) is 78.0 cm³/mol. The van der Waals surface area contributed by atoms with Crippen LogP contribution in [-0.4, -0.2) is 43.1 Å². The monoisotopic (exact) mass is 315 g/mol. The van der Waals surface area contributed by atoms with Gasteiger partial charge in [0.1, 0.15) is 17.4 Å². The molecule has 0 radical (unpaired) electrons. The number of amides is 1. The summed E-state index contributed by atoms with van der Waals surface area (Å²) in [4.78, 5) is 13.6. The molecule has 0 saturated heterocycles. The molecule has 1 fully saturated rings. The van der Waals surface area contributed by atoms with Crippen LogP contribution >= 0.6 is 11.6 Å². The van der Waals surface area contributed by atoms with E-state index in [1.165, 1.54) is 13.2 Å². The summed E-state index contributed by atoms with van der Waals surface area (Å²) in [6, 6.07) is 4.55. The van der Waals surface area contributed by atoms with E-state index in [9.17, 15) is 9.18 Å². The van der Waals surface area contributed by atoms with Crippen LogP contribution in [0.1, 0.15) is 18.4 Å². The van der Waals surface area contributed by atoms with Gasteiger partial charge in [0, 0.05) is 25.3 Å². The summed E-state index contributed by atoms with van der Waals surface area (Å²) < 4.78 is 24.2. The standard InChI is InChI=1S/C15H19ClFNO3/c1-20-12-3-4-14(17)10(5-12)9-18(15(19)8-16)11-6-13(7-11)21-2/h3-5,11,13H,6-9H2,1-2H3. The van der Waals surface area contributed by atoms with Gasteiger partial charge in [-0.25, -0.2) is 4.39 Å². The summed E-state index contributed by atoms with van der Waals surface area (Å²) in [5.41, 5.74) is 0.425.